The standard InChI is InChI=1S/C20H24BrN3O2/c1-20(2,3)16-6-7-18(17(21)13-16)26-12-4-5-19(25)24-23-14-15-8-10-22-11-9-15/h6-11,13-14H,4-5,12H2,1-3H3,(H,24,25)/b23-14+. The van der Waals surface area contributed by atoms with Crippen molar-refractivity contribution in [3.63, 3.8) is 0 Å². The van der Waals surface area contributed by atoms with E-state index in [0.717, 1.165) is 15.8 Å². The smallest absolute Gasteiger partial charge is 0.240 e. The lowest BCUT2D eigenvalue weighted by Crippen LogP contribution is -2.18. The second kappa shape index (κ2) is 9.48. The zero-order valence-corrected chi connectivity index (χ0v) is 16.9. The fraction of sp³-hybridized carbons (Fsp3) is 0.350. The second-order valence-corrected chi connectivity index (χ2v) is 7.78. The highest BCUT2D eigenvalue weighted by Crippen LogP contribution is 2.31. The lowest BCUT2D eigenvalue weighted by atomic mass is 9.87. The quantitative estimate of drug-likeness (QED) is 0.411. The third-order valence-electron chi connectivity index (χ3n) is 3.71. The molecule has 0 bridgehead atoms. The molecule has 0 saturated heterocycles. The minimum absolute atomic E-state index is 0.0932. The fourth-order valence-electron chi connectivity index (χ4n) is 2.18. The molecule has 1 amide bonds. The summed E-state index contributed by atoms with van der Waals surface area (Å²) in [6.45, 7) is 6.98. The Balaban J connectivity index is 1.71. The van der Waals surface area contributed by atoms with Gasteiger partial charge in [-0.25, -0.2) is 5.43 Å². The summed E-state index contributed by atoms with van der Waals surface area (Å²) in [5.74, 6) is 0.648. The number of nitrogens with zero attached hydrogens (tertiary/aromatic N) is 2. The summed E-state index contributed by atoms with van der Waals surface area (Å²) in [6, 6.07) is 9.73. The molecule has 138 valence electrons. The molecule has 0 spiro atoms. The van der Waals surface area contributed by atoms with Crippen LogP contribution in [0.15, 0.2) is 52.3 Å². The van der Waals surface area contributed by atoms with Gasteiger partial charge in [0.05, 0.1) is 17.3 Å². The number of hydrogen-bond donors (Lipinski definition) is 1. The van der Waals surface area contributed by atoms with Gasteiger partial charge in [-0.05, 0) is 63.2 Å². The molecule has 0 saturated carbocycles. The molecule has 0 unspecified atom stereocenters. The van der Waals surface area contributed by atoms with Crippen LogP contribution in [-0.2, 0) is 10.2 Å². The highest BCUT2D eigenvalue weighted by atomic mass is 79.9. The SMILES string of the molecule is CC(C)(C)c1ccc(OCCCC(=O)N/N=C/c2ccncc2)c(Br)c1. The van der Waals surface area contributed by atoms with Gasteiger partial charge in [0, 0.05) is 18.8 Å². The van der Waals surface area contributed by atoms with E-state index in [1.807, 2.05) is 18.2 Å². The molecule has 0 radical (unpaired) electrons. The van der Waals surface area contributed by atoms with Gasteiger partial charge in [-0.2, -0.15) is 5.10 Å². The Bertz CT molecular complexity index is 755. The Hall–Kier alpha value is -2.21. The summed E-state index contributed by atoms with van der Waals surface area (Å²) in [5, 5.41) is 3.92. The van der Waals surface area contributed by atoms with Crippen LogP contribution in [0.1, 0.15) is 44.7 Å². The number of benzene rings is 1. The predicted octanol–water partition coefficient (Wildman–Crippen LogP) is 4.45. The first-order chi connectivity index (χ1) is 12.4. The summed E-state index contributed by atoms with van der Waals surface area (Å²) in [5.41, 5.74) is 4.72. The average molecular weight is 418 g/mol. The monoisotopic (exact) mass is 417 g/mol. The van der Waals surface area contributed by atoms with Gasteiger partial charge in [0.25, 0.3) is 0 Å². The molecular weight excluding hydrogens is 394 g/mol. The van der Waals surface area contributed by atoms with Gasteiger partial charge in [0.1, 0.15) is 5.75 Å². The van der Waals surface area contributed by atoms with Gasteiger partial charge in [0.15, 0.2) is 0 Å². The number of hydrogen-bond acceptors (Lipinski definition) is 4. The van der Waals surface area contributed by atoms with Crippen LogP contribution >= 0.6 is 15.9 Å². The van der Waals surface area contributed by atoms with Gasteiger partial charge in [-0.1, -0.05) is 26.8 Å². The van der Waals surface area contributed by atoms with Crippen molar-refractivity contribution in [3.8, 4) is 5.75 Å². The summed E-state index contributed by atoms with van der Waals surface area (Å²) >= 11 is 3.55. The van der Waals surface area contributed by atoms with Crippen molar-refractivity contribution in [1.82, 2.24) is 10.4 Å². The van der Waals surface area contributed by atoms with Gasteiger partial charge in [0.2, 0.25) is 5.91 Å². The highest BCUT2D eigenvalue weighted by Gasteiger charge is 2.15. The number of aromatic nitrogens is 1. The van der Waals surface area contributed by atoms with Crippen molar-refractivity contribution in [2.75, 3.05) is 6.61 Å². The molecule has 0 aliphatic rings. The van der Waals surface area contributed by atoms with E-state index in [4.69, 9.17) is 4.74 Å². The third kappa shape index (κ3) is 6.59. The van der Waals surface area contributed by atoms with E-state index in [1.165, 1.54) is 5.56 Å². The molecule has 2 aromatic rings. The summed E-state index contributed by atoms with van der Waals surface area (Å²) < 4.78 is 6.68. The molecule has 26 heavy (non-hydrogen) atoms. The summed E-state index contributed by atoms with van der Waals surface area (Å²) in [6.07, 6.45) is 5.90. The molecule has 1 N–H and O–H groups in total. The number of halogens is 1. The first-order valence-electron chi connectivity index (χ1n) is 8.51. The molecule has 0 aliphatic carbocycles. The Morgan fingerprint density at radius 2 is 2.00 bits per heavy atom. The predicted molar refractivity (Wildman–Crippen MR) is 108 cm³/mol. The molecule has 2 rings (SSSR count). The molecular formula is C20H24BrN3O2. The van der Waals surface area contributed by atoms with E-state index < -0.39 is 0 Å². The molecule has 1 aromatic heterocycles. The van der Waals surface area contributed by atoms with Crippen LogP contribution in [-0.4, -0.2) is 23.7 Å². The first kappa shape index (κ1) is 20.1. The molecule has 0 aliphatic heterocycles. The number of pyridine rings is 1. The van der Waals surface area contributed by atoms with Gasteiger partial charge < -0.3 is 4.74 Å². The highest BCUT2D eigenvalue weighted by molar-refractivity contribution is 9.10. The maximum atomic E-state index is 11.8. The number of rotatable bonds is 7. The van der Waals surface area contributed by atoms with Crippen molar-refractivity contribution in [1.29, 1.82) is 0 Å². The molecule has 0 atom stereocenters. The molecule has 5 nitrogen and oxygen atoms in total. The Labute approximate surface area is 163 Å². The van der Waals surface area contributed by atoms with E-state index in [1.54, 1.807) is 18.6 Å². The van der Waals surface area contributed by atoms with Gasteiger partial charge in [-0.3, -0.25) is 9.78 Å². The number of amides is 1. The van der Waals surface area contributed by atoms with Crippen LogP contribution in [0.2, 0.25) is 0 Å². The zero-order chi connectivity index (χ0) is 19.0. The van der Waals surface area contributed by atoms with Gasteiger partial charge >= 0.3 is 0 Å². The number of ether oxygens (including phenoxy) is 1. The molecule has 0 fully saturated rings. The average Bonchev–Trinajstić information content (AvgIpc) is 2.60. The van der Waals surface area contributed by atoms with Crippen molar-refractivity contribution in [2.45, 2.75) is 39.0 Å². The fourth-order valence-corrected chi connectivity index (χ4v) is 2.68. The number of nitrogens with one attached hydrogen (secondary N) is 1. The van der Waals surface area contributed by atoms with Crippen molar-refractivity contribution >= 4 is 28.1 Å². The van der Waals surface area contributed by atoms with E-state index in [-0.39, 0.29) is 11.3 Å². The minimum Gasteiger partial charge on any atom is -0.492 e. The van der Waals surface area contributed by atoms with Crippen molar-refractivity contribution in [2.24, 2.45) is 5.10 Å². The number of carbonyl (C=O) groups is 1. The minimum atomic E-state index is -0.138. The largest absolute Gasteiger partial charge is 0.492 e. The van der Waals surface area contributed by atoms with Crippen molar-refractivity contribution in [3.05, 3.63) is 58.3 Å². The van der Waals surface area contributed by atoms with Crippen LogP contribution in [0.25, 0.3) is 0 Å². The molecule has 6 heteroatoms. The number of hydrazone groups is 1. The zero-order valence-electron chi connectivity index (χ0n) is 15.3. The Morgan fingerprint density at radius 1 is 1.27 bits per heavy atom. The van der Waals surface area contributed by atoms with Crippen LogP contribution in [0.4, 0.5) is 0 Å². The normalized spacial score (nSPS) is 11.5. The van der Waals surface area contributed by atoms with E-state index >= 15 is 0 Å². The molecule has 1 heterocycles. The Kier molecular flexibility index (Phi) is 7.33. The van der Waals surface area contributed by atoms with E-state index in [0.29, 0.717) is 19.4 Å². The summed E-state index contributed by atoms with van der Waals surface area (Å²) in [4.78, 5) is 15.7. The first-order valence-corrected chi connectivity index (χ1v) is 9.30. The maximum absolute atomic E-state index is 11.8. The number of carbonyl (C=O) groups excluding carboxylic acids is 1. The van der Waals surface area contributed by atoms with Crippen molar-refractivity contribution < 1.29 is 9.53 Å². The van der Waals surface area contributed by atoms with E-state index in [9.17, 15) is 4.79 Å². The maximum Gasteiger partial charge on any atom is 0.240 e. The van der Waals surface area contributed by atoms with E-state index in [2.05, 4.69) is 64.3 Å². The third-order valence-corrected chi connectivity index (χ3v) is 4.33. The van der Waals surface area contributed by atoms with Crippen LogP contribution < -0.4 is 10.2 Å². The second-order valence-electron chi connectivity index (χ2n) is 6.92. The lowest BCUT2D eigenvalue weighted by molar-refractivity contribution is -0.121. The topological polar surface area (TPSA) is 63.6 Å². The van der Waals surface area contributed by atoms with Crippen LogP contribution in [0.3, 0.4) is 0 Å². The Morgan fingerprint density at radius 3 is 2.65 bits per heavy atom. The van der Waals surface area contributed by atoms with Gasteiger partial charge in [-0.15, -0.1) is 0 Å². The molecule has 1 aromatic carbocycles. The lowest BCUT2D eigenvalue weighted by Gasteiger charge is -2.20. The summed E-state index contributed by atoms with van der Waals surface area (Å²) in [7, 11) is 0. The van der Waals surface area contributed by atoms with Crippen LogP contribution in [0, 0.1) is 0 Å². The van der Waals surface area contributed by atoms with Crippen LogP contribution in [0.5, 0.6) is 5.75 Å².